The molecule has 2 aromatic rings. The number of Topliss-reactive ketones (excluding diaryl/α,β-unsaturated/α-hetero) is 1. The van der Waals surface area contributed by atoms with Crippen LogP contribution in [-0.2, 0) is 9.59 Å². The second kappa shape index (κ2) is 6.14. The van der Waals surface area contributed by atoms with Crippen LogP contribution < -0.4 is 5.32 Å². The predicted octanol–water partition coefficient (Wildman–Crippen LogP) is 2.96. The fraction of sp³-hybridized carbons (Fsp3) is 0.267. The number of nitrogens with one attached hydrogen (secondary N) is 1. The average Bonchev–Trinajstić information content (AvgIpc) is 2.84. The van der Waals surface area contributed by atoms with E-state index in [9.17, 15) is 9.59 Å². The molecule has 5 nitrogen and oxygen atoms in total. The summed E-state index contributed by atoms with van der Waals surface area (Å²) in [5, 5.41) is 6.57. The SMILES string of the molecule is CC(=O)CCC(=O)Nc1ccc(-c2cc(C)no2)cc1. The van der Waals surface area contributed by atoms with Crippen molar-refractivity contribution in [1.29, 1.82) is 0 Å². The van der Waals surface area contributed by atoms with E-state index in [2.05, 4.69) is 10.5 Å². The van der Waals surface area contributed by atoms with Gasteiger partial charge in [0.1, 0.15) is 5.78 Å². The van der Waals surface area contributed by atoms with Crippen LogP contribution in [0.3, 0.4) is 0 Å². The number of benzene rings is 1. The zero-order valence-electron chi connectivity index (χ0n) is 11.5. The lowest BCUT2D eigenvalue weighted by molar-refractivity contribution is -0.121. The number of nitrogens with zero attached hydrogens (tertiary/aromatic N) is 1. The summed E-state index contributed by atoms with van der Waals surface area (Å²) in [4.78, 5) is 22.4. The zero-order chi connectivity index (χ0) is 14.5. The van der Waals surface area contributed by atoms with Gasteiger partial charge in [0.2, 0.25) is 5.91 Å². The standard InChI is InChI=1S/C15H16N2O3/c1-10-9-14(20-17-10)12-4-6-13(7-5-12)16-15(19)8-3-11(2)18/h4-7,9H,3,8H2,1-2H3,(H,16,19). The summed E-state index contributed by atoms with van der Waals surface area (Å²) < 4.78 is 5.16. The van der Waals surface area contributed by atoms with Crippen LogP contribution in [0.4, 0.5) is 5.69 Å². The van der Waals surface area contributed by atoms with Gasteiger partial charge in [0, 0.05) is 30.2 Å². The van der Waals surface area contributed by atoms with Crippen LogP contribution in [0.1, 0.15) is 25.5 Å². The Balaban J connectivity index is 1.98. The van der Waals surface area contributed by atoms with Crippen molar-refractivity contribution < 1.29 is 14.1 Å². The summed E-state index contributed by atoms with van der Waals surface area (Å²) in [7, 11) is 0. The monoisotopic (exact) mass is 272 g/mol. The Bertz CT molecular complexity index is 614. The van der Waals surface area contributed by atoms with Crippen molar-refractivity contribution in [3.63, 3.8) is 0 Å². The molecule has 1 aromatic heterocycles. The van der Waals surface area contributed by atoms with Crippen LogP contribution in [0.25, 0.3) is 11.3 Å². The number of rotatable bonds is 5. The number of hydrogen-bond donors (Lipinski definition) is 1. The summed E-state index contributed by atoms with van der Waals surface area (Å²) in [6.45, 7) is 3.33. The number of aromatic nitrogens is 1. The van der Waals surface area contributed by atoms with Gasteiger partial charge in [-0.1, -0.05) is 5.16 Å². The third-order valence-electron chi connectivity index (χ3n) is 2.79. The molecule has 1 N–H and O–H groups in total. The van der Waals surface area contributed by atoms with E-state index in [1.165, 1.54) is 6.92 Å². The lowest BCUT2D eigenvalue weighted by atomic mass is 10.1. The molecule has 104 valence electrons. The molecule has 20 heavy (non-hydrogen) atoms. The summed E-state index contributed by atoms with van der Waals surface area (Å²) in [5.74, 6) is 0.539. The van der Waals surface area contributed by atoms with Crippen LogP contribution in [0, 0.1) is 6.92 Å². The predicted molar refractivity (Wildman–Crippen MR) is 75.2 cm³/mol. The molecule has 0 saturated carbocycles. The van der Waals surface area contributed by atoms with Gasteiger partial charge in [0.15, 0.2) is 5.76 Å². The van der Waals surface area contributed by atoms with Gasteiger partial charge in [-0.2, -0.15) is 0 Å². The summed E-state index contributed by atoms with van der Waals surface area (Å²) in [5.41, 5.74) is 2.41. The van der Waals surface area contributed by atoms with Gasteiger partial charge in [-0.25, -0.2) is 0 Å². The van der Waals surface area contributed by atoms with E-state index in [0.717, 1.165) is 11.3 Å². The number of carbonyl (C=O) groups excluding carboxylic acids is 2. The van der Waals surface area contributed by atoms with Crippen molar-refractivity contribution in [2.24, 2.45) is 0 Å². The molecule has 0 fully saturated rings. The van der Waals surface area contributed by atoms with E-state index in [0.29, 0.717) is 11.4 Å². The summed E-state index contributed by atoms with van der Waals surface area (Å²) in [6, 6.07) is 9.12. The van der Waals surface area contributed by atoms with E-state index < -0.39 is 0 Å². The van der Waals surface area contributed by atoms with Crippen molar-refractivity contribution in [1.82, 2.24) is 5.16 Å². The Labute approximate surface area is 117 Å². The van der Waals surface area contributed by atoms with Gasteiger partial charge in [0.25, 0.3) is 0 Å². The maximum absolute atomic E-state index is 11.6. The lowest BCUT2D eigenvalue weighted by Crippen LogP contribution is -2.12. The van der Waals surface area contributed by atoms with Crippen molar-refractivity contribution >= 4 is 17.4 Å². The number of amides is 1. The molecule has 1 amide bonds. The molecule has 0 bridgehead atoms. The van der Waals surface area contributed by atoms with Crippen molar-refractivity contribution in [3.8, 4) is 11.3 Å². The minimum Gasteiger partial charge on any atom is -0.356 e. The molecule has 0 spiro atoms. The minimum atomic E-state index is -0.163. The average molecular weight is 272 g/mol. The summed E-state index contributed by atoms with van der Waals surface area (Å²) >= 11 is 0. The highest BCUT2D eigenvalue weighted by Crippen LogP contribution is 2.22. The fourth-order valence-corrected chi connectivity index (χ4v) is 1.73. The van der Waals surface area contributed by atoms with Gasteiger partial charge >= 0.3 is 0 Å². The third-order valence-corrected chi connectivity index (χ3v) is 2.79. The molecule has 0 radical (unpaired) electrons. The molecule has 0 atom stereocenters. The molecule has 0 aliphatic carbocycles. The van der Waals surface area contributed by atoms with E-state index in [-0.39, 0.29) is 24.5 Å². The van der Waals surface area contributed by atoms with Crippen LogP contribution >= 0.6 is 0 Å². The molecule has 0 saturated heterocycles. The number of carbonyl (C=O) groups is 2. The van der Waals surface area contributed by atoms with E-state index in [1.54, 1.807) is 12.1 Å². The topological polar surface area (TPSA) is 72.2 Å². The molecule has 2 rings (SSSR count). The lowest BCUT2D eigenvalue weighted by Gasteiger charge is -2.04. The van der Waals surface area contributed by atoms with Crippen LogP contribution in [0.5, 0.6) is 0 Å². The van der Waals surface area contributed by atoms with Gasteiger partial charge in [0.05, 0.1) is 5.69 Å². The van der Waals surface area contributed by atoms with Gasteiger partial charge in [-0.05, 0) is 38.1 Å². The smallest absolute Gasteiger partial charge is 0.224 e. The first-order chi connectivity index (χ1) is 9.54. The van der Waals surface area contributed by atoms with E-state index in [4.69, 9.17) is 4.52 Å². The Morgan fingerprint density at radius 1 is 1.20 bits per heavy atom. The molecular formula is C15H16N2O3. The largest absolute Gasteiger partial charge is 0.356 e. The Morgan fingerprint density at radius 2 is 1.90 bits per heavy atom. The van der Waals surface area contributed by atoms with Gasteiger partial charge in [-0.15, -0.1) is 0 Å². The first-order valence-electron chi connectivity index (χ1n) is 6.37. The highest BCUT2D eigenvalue weighted by molar-refractivity contribution is 5.93. The molecule has 1 heterocycles. The van der Waals surface area contributed by atoms with Gasteiger partial charge in [-0.3, -0.25) is 4.79 Å². The molecule has 0 aliphatic heterocycles. The Kier molecular flexibility index (Phi) is 4.30. The molecule has 5 heteroatoms. The number of hydrogen-bond acceptors (Lipinski definition) is 4. The maximum atomic E-state index is 11.6. The normalized spacial score (nSPS) is 10.3. The minimum absolute atomic E-state index is 0.0104. The van der Waals surface area contributed by atoms with Crippen LogP contribution in [0.2, 0.25) is 0 Å². The van der Waals surface area contributed by atoms with E-state index >= 15 is 0 Å². The molecule has 1 aromatic carbocycles. The highest BCUT2D eigenvalue weighted by atomic mass is 16.5. The second-order valence-corrected chi connectivity index (χ2v) is 4.66. The third kappa shape index (κ3) is 3.78. The van der Waals surface area contributed by atoms with Gasteiger partial charge < -0.3 is 14.6 Å². The first-order valence-corrected chi connectivity index (χ1v) is 6.37. The molecular weight excluding hydrogens is 256 g/mol. The fourth-order valence-electron chi connectivity index (χ4n) is 1.73. The van der Waals surface area contributed by atoms with Crippen molar-refractivity contribution in [2.75, 3.05) is 5.32 Å². The Morgan fingerprint density at radius 3 is 2.45 bits per heavy atom. The number of anilines is 1. The first kappa shape index (κ1) is 14.0. The molecule has 0 aliphatic rings. The summed E-state index contributed by atoms with van der Waals surface area (Å²) in [6.07, 6.45) is 0.472. The van der Waals surface area contributed by atoms with E-state index in [1.807, 2.05) is 25.1 Å². The Hall–Kier alpha value is -2.43. The zero-order valence-corrected chi connectivity index (χ0v) is 11.5. The second-order valence-electron chi connectivity index (χ2n) is 4.66. The van der Waals surface area contributed by atoms with Crippen molar-refractivity contribution in [2.45, 2.75) is 26.7 Å². The van der Waals surface area contributed by atoms with Crippen LogP contribution in [0.15, 0.2) is 34.9 Å². The highest BCUT2D eigenvalue weighted by Gasteiger charge is 2.06. The quantitative estimate of drug-likeness (QED) is 0.908. The number of ketones is 1. The van der Waals surface area contributed by atoms with Crippen molar-refractivity contribution in [3.05, 3.63) is 36.0 Å². The maximum Gasteiger partial charge on any atom is 0.224 e. The number of aryl methyl sites for hydroxylation is 1. The molecule has 0 unspecified atom stereocenters. The van der Waals surface area contributed by atoms with Crippen LogP contribution in [-0.4, -0.2) is 16.8 Å².